The van der Waals surface area contributed by atoms with Crippen LogP contribution in [0.4, 0.5) is 5.69 Å². The molecule has 0 aliphatic carbocycles. The summed E-state index contributed by atoms with van der Waals surface area (Å²) in [5.74, 6) is 0.248. The summed E-state index contributed by atoms with van der Waals surface area (Å²) in [6.07, 6.45) is 2.79. The number of anilines is 1. The van der Waals surface area contributed by atoms with Crippen molar-refractivity contribution >= 4 is 33.4 Å². The van der Waals surface area contributed by atoms with Crippen LogP contribution in [0, 0.1) is 0 Å². The van der Waals surface area contributed by atoms with Crippen LogP contribution in [0.15, 0.2) is 58.3 Å². The molecule has 2 aromatic carbocycles. The van der Waals surface area contributed by atoms with Gasteiger partial charge in [-0.25, -0.2) is 8.42 Å². The van der Waals surface area contributed by atoms with Gasteiger partial charge in [-0.05, 0) is 57.0 Å². The third-order valence-corrected chi connectivity index (χ3v) is 7.89. The number of nitrogens with one attached hydrogen (secondary N) is 1. The maximum Gasteiger partial charge on any atom is 0.243 e. The minimum atomic E-state index is -3.60. The SMILES string of the molecule is CCOc1ccc(S(=O)(=O)N2CCCCC2)cc1NC(=O)C(C)Sc1ccccc1. The summed E-state index contributed by atoms with van der Waals surface area (Å²) in [6.45, 7) is 5.14. The third kappa shape index (κ3) is 5.56. The molecule has 0 radical (unpaired) electrons. The second-order valence-electron chi connectivity index (χ2n) is 7.12. The fraction of sp³-hybridized carbons (Fsp3) is 0.409. The number of benzene rings is 2. The van der Waals surface area contributed by atoms with Crippen molar-refractivity contribution < 1.29 is 17.9 Å². The fourth-order valence-corrected chi connectivity index (χ4v) is 5.73. The summed E-state index contributed by atoms with van der Waals surface area (Å²) in [7, 11) is -3.60. The highest BCUT2D eigenvalue weighted by molar-refractivity contribution is 8.00. The van der Waals surface area contributed by atoms with Crippen LogP contribution >= 0.6 is 11.8 Å². The highest BCUT2D eigenvalue weighted by Crippen LogP contribution is 2.31. The van der Waals surface area contributed by atoms with E-state index < -0.39 is 10.0 Å². The Bertz CT molecular complexity index is 958. The Balaban J connectivity index is 1.81. The van der Waals surface area contributed by atoms with E-state index in [1.807, 2.05) is 44.2 Å². The Morgan fingerprint density at radius 3 is 2.50 bits per heavy atom. The average Bonchev–Trinajstić information content (AvgIpc) is 2.76. The van der Waals surface area contributed by atoms with Gasteiger partial charge in [-0.15, -0.1) is 11.8 Å². The summed E-state index contributed by atoms with van der Waals surface area (Å²) < 4.78 is 33.2. The number of piperidine rings is 1. The Labute approximate surface area is 183 Å². The Morgan fingerprint density at radius 1 is 1.13 bits per heavy atom. The van der Waals surface area contributed by atoms with E-state index in [-0.39, 0.29) is 16.1 Å². The number of ether oxygens (including phenoxy) is 1. The van der Waals surface area contributed by atoms with Gasteiger partial charge < -0.3 is 10.1 Å². The molecule has 1 aliphatic heterocycles. The van der Waals surface area contributed by atoms with Crippen LogP contribution in [-0.2, 0) is 14.8 Å². The van der Waals surface area contributed by atoms with Crippen LogP contribution in [0.2, 0.25) is 0 Å². The molecule has 0 bridgehead atoms. The summed E-state index contributed by atoms with van der Waals surface area (Å²) in [6, 6.07) is 14.4. The zero-order valence-electron chi connectivity index (χ0n) is 17.3. The standard InChI is InChI=1S/C22H28N2O4S2/c1-3-28-21-13-12-19(30(26,27)24-14-8-5-9-15-24)16-20(21)23-22(25)17(2)29-18-10-6-4-7-11-18/h4,6-7,10-13,16-17H,3,5,8-9,14-15H2,1-2H3,(H,23,25). The molecule has 1 saturated heterocycles. The highest BCUT2D eigenvalue weighted by Gasteiger charge is 2.27. The molecular weight excluding hydrogens is 420 g/mol. The molecule has 1 atom stereocenters. The summed E-state index contributed by atoms with van der Waals surface area (Å²) in [4.78, 5) is 14.0. The Morgan fingerprint density at radius 2 is 1.83 bits per heavy atom. The molecule has 6 nitrogen and oxygen atoms in total. The van der Waals surface area contributed by atoms with Crippen molar-refractivity contribution in [2.24, 2.45) is 0 Å². The first kappa shape index (κ1) is 22.7. The predicted molar refractivity (Wildman–Crippen MR) is 121 cm³/mol. The number of sulfonamides is 1. The molecule has 162 valence electrons. The summed E-state index contributed by atoms with van der Waals surface area (Å²) in [5, 5.41) is 2.51. The summed E-state index contributed by atoms with van der Waals surface area (Å²) >= 11 is 1.44. The van der Waals surface area contributed by atoms with Gasteiger partial charge in [0.1, 0.15) is 5.75 Å². The van der Waals surface area contributed by atoms with Gasteiger partial charge in [-0.1, -0.05) is 24.6 Å². The lowest BCUT2D eigenvalue weighted by atomic mass is 10.2. The minimum absolute atomic E-state index is 0.173. The van der Waals surface area contributed by atoms with E-state index in [1.165, 1.54) is 22.1 Å². The molecule has 2 aromatic rings. The van der Waals surface area contributed by atoms with Gasteiger partial charge in [0.2, 0.25) is 15.9 Å². The van der Waals surface area contributed by atoms with Crippen LogP contribution < -0.4 is 10.1 Å². The van der Waals surface area contributed by atoms with Gasteiger partial charge in [-0.3, -0.25) is 4.79 Å². The van der Waals surface area contributed by atoms with E-state index in [0.717, 1.165) is 24.2 Å². The van der Waals surface area contributed by atoms with Crippen molar-refractivity contribution in [3.05, 3.63) is 48.5 Å². The first-order valence-electron chi connectivity index (χ1n) is 10.2. The minimum Gasteiger partial charge on any atom is -0.492 e. The van der Waals surface area contributed by atoms with Crippen molar-refractivity contribution in [3.8, 4) is 5.75 Å². The number of carbonyl (C=O) groups is 1. The molecule has 30 heavy (non-hydrogen) atoms. The monoisotopic (exact) mass is 448 g/mol. The number of hydrogen-bond donors (Lipinski definition) is 1. The number of nitrogens with zero attached hydrogens (tertiary/aromatic N) is 1. The van der Waals surface area contributed by atoms with E-state index in [2.05, 4.69) is 5.32 Å². The van der Waals surface area contributed by atoms with Gasteiger partial charge in [0.25, 0.3) is 0 Å². The molecule has 3 rings (SSSR count). The van der Waals surface area contributed by atoms with Gasteiger partial charge >= 0.3 is 0 Å². The quantitative estimate of drug-likeness (QED) is 0.607. The Kier molecular flexibility index (Phi) is 7.80. The summed E-state index contributed by atoms with van der Waals surface area (Å²) in [5.41, 5.74) is 0.375. The van der Waals surface area contributed by atoms with Crippen molar-refractivity contribution in [3.63, 3.8) is 0 Å². The van der Waals surface area contributed by atoms with Gasteiger partial charge in [0.05, 0.1) is 22.4 Å². The second-order valence-corrected chi connectivity index (χ2v) is 10.5. The molecule has 8 heteroatoms. The zero-order valence-corrected chi connectivity index (χ0v) is 19.0. The number of carbonyl (C=O) groups excluding carboxylic acids is 1. The first-order chi connectivity index (χ1) is 14.4. The molecule has 0 aromatic heterocycles. The van der Waals surface area contributed by atoms with Crippen LogP contribution in [0.25, 0.3) is 0 Å². The van der Waals surface area contributed by atoms with Crippen LogP contribution in [0.1, 0.15) is 33.1 Å². The van der Waals surface area contributed by atoms with E-state index in [4.69, 9.17) is 4.74 Å². The van der Waals surface area contributed by atoms with Crippen molar-refractivity contribution in [2.75, 3.05) is 25.0 Å². The van der Waals surface area contributed by atoms with E-state index in [0.29, 0.717) is 31.1 Å². The molecular formula is C22H28N2O4S2. The third-order valence-electron chi connectivity index (χ3n) is 4.89. The van der Waals surface area contributed by atoms with Crippen molar-refractivity contribution in [1.82, 2.24) is 4.31 Å². The maximum atomic E-state index is 13.0. The van der Waals surface area contributed by atoms with E-state index in [9.17, 15) is 13.2 Å². The van der Waals surface area contributed by atoms with Gasteiger partial charge in [-0.2, -0.15) is 4.31 Å². The number of thioether (sulfide) groups is 1. The Hall–Kier alpha value is -2.03. The topological polar surface area (TPSA) is 75.7 Å². The van der Waals surface area contributed by atoms with E-state index >= 15 is 0 Å². The van der Waals surface area contributed by atoms with Crippen LogP contribution in [0.5, 0.6) is 5.75 Å². The fourth-order valence-electron chi connectivity index (χ4n) is 3.29. The largest absolute Gasteiger partial charge is 0.492 e. The first-order valence-corrected chi connectivity index (χ1v) is 12.5. The molecule has 1 fully saturated rings. The molecule has 1 N–H and O–H groups in total. The molecule has 1 unspecified atom stereocenters. The number of amides is 1. The maximum absolute atomic E-state index is 13.0. The molecule has 1 aliphatic rings. The second kappa shape index (κ2) is 10.3. The smallest absolute Gasteiger partial charge is 0.243 e. The molecule has 1 amide bonds. The zero-order chi connectivity index (χ0) is 21.6. The van der Waals surface area contributed by atoms with Gasteiger partial charge in [0, 0.05) is 18.0 Å². The average molecular weight is 449 g/mol. The molecule has 0 spiro atoms. The number of rotatable bonds is 8. The molecule has 0 saturated carbocycles. The molecule has 1 heterocycles. The van der Waals surface area contributed by atoms with Crippen LogP contribution in [0.3, 0.4) is 0 Å². The lowest BCUT2D eigenvalue weighted by Gasteiger charge is -2.26. The van der Waals surface area contributed by atoms with Crippen molar-refractivity contribution in [1.29, 1.82) is 0 Å². The number of hydrogen-bond acceptors (Lipinski definition) is 5. The van der Waals surface area contributed by atoms with Crippen LogP contribution in [-0.4, -0.2) is 43.6 Å². The lowest BCUT2D eigenvalue weighted by Crippen LogP contribution is -2.35. The normalized spacial score (nSPS) is 16.1. The van der Waals surface area contributed by atoms with Gasteiger partial charge in [0.15, 0.2) is 0 Å². The predicted octanol–water partition coefficient (Wildman–Crippen LogP) is 4.38. The highest BCUT2D eigenvalue weighted by atomic mass is 32.2. The van der Waals surface area contributed by atoms with E-state index in [1.54, 1.807) is 12.1 Å². The lowest BCUT2D eigenvalue weighted by molar-refractivity contribution is -0.115. The van der Waals surface area contributed by atoms with Crippen molar-refractivity contribution in [2.45, 2.75) is 48.2 Å².